The van der Waals surface area contributed by atoms with Crippen molar-refractivity contribution in [2.45, 2.75) is 18.1 Å². The number of nitrogens with two attached hydrogens (primary N) is 1. The third-order valence-electron chi connectivity index (χ3n) is 3.41. The minimum absolute atomic E-state index is 0.350. The molecule has 1 nitrogen and oxygen atoms in total. The number of benzene rings is 2. The van der Waals surface area contributed by atoms with Crippen molar-refractivity contribution < 1.29 is 13.2 Å². The molecule has 2 aromatic rings. The zero-order chi connectivity index (χ0) is 14.8. The van der Waals surface area contributed by atoms with E-state index < -0.39 is 17.3 Å². The SMILES string of the molecule is [CH2]CC(N)(c1ccccc1)c1ccc(C(F)(F)F)cc1. The third kappa shape index (κ3) is 2.70. The zero-order valence-corrected chi connectivity index (χ0v) is 10.8. The van der Waals surface area contributed by atoms with Crippen molar-refractivity contribution in [3.8, 4) is 0 Å². The van der Waals surface area contributed by atoms with E-state index in [4.69, 9.17) is 5.73 Å². The lowest BCUT2D eigenvalue weighted by Gasteiger charge is -2.29. The summed E-state index contributed by atoms with van der Waals surface area (Å²) in [5, 5.41) is 0. The van der Waals surface area contributed by atoms with Gasteiger partial charge >= 0.3 is 6.18 Å². The first-order valence-electron chi connectivity index (χ1n) is 6.19. The predicted molar refractivity (Wildman–Crippen MR) is 72.8 cm³/mol. The smallest absolute Gasteiger partial charge is 0.318 e. The standard InChI is InChI=1S/C16H15F3N/c1-2-15(20,12-6-4-3-5-7-12)13-8-10-14(11-9-13)16(17,18)19/h3-11H,1-2,20H2. The maximum atomic E-state index is 12.6. The molecule has 0 aliphatic carbocycles. The van der Waals surface area contributed by atoms with Crippen molar-refractivity contribution in [1.82, 2.24) is 0 Å². The lowest BCUT2D eigenvalue weighted by Crippen LogP contribution is -2.37. The Bertz CT molecular complexity index is 561. The van der Waals surface area contributed by atoms with Gasteiger partial charge in [0.05, 0.1) is 11.1 Å². The van der Waals surface area contributed by atoms with E-state index in [1.54, 1.807) is 0 Å². The fourth-order valence-corrected chi connectivity index (χ4v) is 2.15. The topological polar surface area (TPSA) is 26.0 Å². The molecule has 2 N–H and O–H groups in total. The maximum absolute atomic E-state index is 12.6. The number of alkyl halides is 3. The van der Waals surface area contributed by atoms with Crippen LogP contribution in [0.2, 0.25) is 0 Å². The van der Waals surface area contributed by atoms with E-state index in [1.807, 2.05) is 30.3 Å². The Morgan fingerprint density at radius 1 is 0.800 bits per heavy atom. The van der Waals surface area contributed by atoms with Gasteiger partial charge in [0.25, 0.3) is 0 Å². The highest BCUT2D eigenvalue weighted by atomic mass is 19.4. The second-order valence-electron chi connectivity index (χ2n) is 4.66. The summed E-state index contributed by atoms with van der Waals surface area (Å²) in [5.74, 6) is 0. The second-order valence-corrected chi connectivity index (χ2v) is 4.66. The molecule has 4 heteroatoms. The summed E-state index contributed by atoms with van der Waals surface area (Å²) in [6, 6.07) is 14.2. The zero-order valence-electron chi connectivity index (χ0n) is 10.8. The summed E-state index contributed by atoms with van der Waals surface area (Å²) >= 11 is 0. The van der Waals surface area contributed by atoms with Crippen LogP contribution in [0.3, 0.4) is 0 Å². The fourth-order valence-electron chi connectivity index (χ4n) is 2.15. The summed E-state index contributed by atoms with van der Waals surface area (Å²) in [4.78, 5) is 0. The van der Waals surface area contributed by atoms with Crippen LogP contribution < -0.4 is 5.73 Å². The molecule has 0 aromatic heterocycles. The van der Waals surface area contributed by atoms with E-state index in [2.05, 4.69) is 6.92 Å². The fraction of sp³-hybridized carbons (Fsp3) is 0.188. The highest BCUT2D eigenvalue weighted by molar-refractivity contribution is 5.39. The Kier molecular flexibility index (Phi) is 3.86. The monoisotopic (exact) mass is 278 g/mol. The average molecular weight is 278 g/mol. The summed E-state index contributed by atoms with van der Waals surface area (Å²) in [6.45, 7) is 3.83. The highest BCUT2D eigenvalue weighted by Crippen LogP contribution is 2.33. The van der Waals surface area contributed by atoms with Crippen molar-refractivity contribution in [3.05, 3.63) is 78.2 Å². The molecule has 2 aromatic carbocycles. The van der Waals surface area contributed by atoms with Gasteiger partial charge in [0, 0.05) is 0 Å². The van der Waals surface area contributed by atoms with Crippen LogP contribution >= 0.6 is 0 Å². The van der Waals surface area contributed by atoms with Crippen LogP contribution in [-0.2, 0) is 11.7 Å². The number of hydrogen-bond acceptors (Lipinski definition) is 1. The van der Waals surface area contributed by atoms with E-state index in [1.165, 1.54) is 12.1 Å². The van der Waals surface area contributed by atoms with Crippen LogP contribution in [-0.4, -0.2) is 0 Å². The van der Waals surface area contributed by atoms with Crippen LogP contribution in [0.4, 0.5) is 13.2 Å². The molecule has 2 rings (SSSR count). The molecule has 0 spiro atoms. The van der Waals surface area contributed by atoms with Crippen molar-refractivity contribution >= 4 is 0 Å². The van der Waals surface area contributed by atoms with Crippen molar-refractivity contribution in [2.24, 2.45) is 5.73 Å². The molecular weight excluding hydrogens is 263 g/mol. The molecule has 0 aliphatic rings. The van der Waals surface area contributed by atoms with Crippen LogP contribution in [0.25, 0.3) is 0 Å². The number of hydrogen-bond donors (Lipinski definition) is 1. The minimum Gasteiger partial charge on any atom is -0.318 e. The van der Waals surface area contributed by atoms with Crippen LogP contribution in [0.15, 0.2) is 54.6 Å². The Balaban J connectivity index is 2.43. The molecule has 0 heterocycles. The lowest BCUT2D eigenvalue weighted by molar-refractivity contribution is -0.137. The molecule has 1 radical (unpaired) electrons. The van der Waals surface area contributed by atoms with Gasteiger partial charge in [0.15, 0.2) is 0 Å². The first-order chi connectivity index (χ1) is 9.38. The van der Waals surface area contributed by atoms with Crippen molar-refractivity contribution in [1.29, 1.82) is 0 Å². The molecule has 0 amide bonds. The van der Waals surface area contributed by atoms with Crippen LogP contribution in [0, 0.1) is 6.92 Å². The van der Waals surface area contributed by atoms with Gasteiger partial charge in [-0.25, -0.2) is 0 Å². The van der Waals surface area contributed by atoms with E-state index in [0.29, 0.717) is 12.0 Å². The molecule has 0 bridgehead atoms. The molecule has 0 aliphatic heterocycles. The van der Waals surface area contributed by atoms with Crippen molar-refractivity contribution in [3.63, 3.8) is 0 Å². The first kappa shape index (κ1) is 14.6. The van der Waals surface area contributed by atoms with Gasteiger partial charge in [0.2, 0.25) is 0 Å². The van der Waals surface area contributed by atoms with Crippen LogP contribution in [0.5, 0.6) is 0 Å². The van der Waals surface area contributed by atoms with Crippen LogP contribution in [0.1, 0.15) is 23.1 Å². The summed E-state index contributed by atoms with van der Waals surface area (Å²) in [6.07, 6.45) is -3.99. The minimum atomic E-state index is -4.34. The van der Waals surface area contributed by atoms with E-state index in [-0.39, 0.29) is 0 Å². The van der Waals surface area contributed by atoms with Gasteiger partial charge in [0.1, 0.15) is 0 Å². The average Bonchev–Trinajstić information content (AvgIpc) is 2.46. The molecule has 20 heavy (non-hydrogen) atoms. The lowest BCUT2D eigenvalue weighted by atomic mass is 9.81. The molecule has 1 atom stereocenters. The van der Waals surface area contributed by atoms with Gasteiger partial charge in [-0.2, -0.15) is 13.2 Å². The summed E-state index contributed by atoms with van der Waals surface area (Å²) in [5.41, 5.74) is 6.24. The van der Waals surface area contributed by atoms with E-state index in [9.17, 15) is 13.2 Å². The second kappa shape index (κ2) is 5.29. The Labute approximate surface area is 116 Å². The first-order valence-corrected chi connectivity index (χ1v) is 6.19. The highest BCUT2D eigenvalue weighted by Gasteiger charge is 2.32. The number of rotatable bonds is 3. The Morgan fingerprint density at radius 3 is 1.70 bits per heavy atom. The molecule has 0 saturated heterocycles. The van der Waals surface area contributed by atoms with Gasteiger partial charge in [-0.15, -0.1) is 0 Å². The Morgan fingerprint density at radius 2 is 1.25 bits per heavy atom. The predicted octanol–water partition coefficient (Wildman–Crippen LogP) is 4.13. The molecule has 0 fully saturated rings. The largest absolute Gasteiger partial charge is 0.416 e. The third-order valence-corrected chi connectivity index (χ3v) is 3.41. The summed E-state index contributed by atoms with van der Waals surface area (Å²) in [7, 11) is 0. The maximum Gasteiger partial charge on any atom is 0.416 e. The van der Waals surface area contributed by atoms with E-state index in [0.717, 1.165) is 17.7 Å². The Hall–Kier alpha value is -1.81. The van der Waals surface area contributed by atoms with Gasteiger partial charge in [-0.05, 0) is 29.7 Å². The summed E-state index contributed by atoms with van der Waals surface area (Å²) < 4.78 is 37.7. The van der Waals surface area contributed by atoms with Crippen molar-refractivity contribution in [2.75, 3.05) is 0 Å². The van der Waals surface area contributed by atoms with Gasteiger partial charge in [-0.3, -0.25) is 0 Å². The quantitative estimate of drug-likeness (QED) is 0.897. The normalized spacial score (nSPS) is 14.8. The van der Waals surface area contributed by atoms with E-state index >= 15 is 0 Å². The van der Waals surface area contributed by atoms with Gasteiger partial charge < -0.3 is 5.73 Å². The van der Waals surface area contributed by atoms with Gasteiger partial charge in [-0.1, -0.05) is 49.4 Å². The molecule has 105 valence electrons. The number of halogens is 3. The molecular formula is C16H15F3N. The molecule has 0 saturated carbocycles. The molecule has 1 unspecified atom stereocenters.